The van der Waals surface area contributed by atoms with Gasteiger partial charge in [0.1, 0.15) is 5.75 Å². The molecule has 1 amide bonds. The molecule has 156 valence electrons. The summed E-state index contributed by atoms with van der Waals surface area (Å²) in [7, 11) is -3.60. The quantitative estimate of drug-likeness (QED) is 0.712. The maximum Gasteiger partial charge on any atom is 0.243 e. The first-order valence-electron chi connectivity index (χ1n) is 9.69. The summed E-state index contributed by atoms with van der Waals surface area (Å²) in [6.45, 7) is 3.92. The molecule has 7 nitrogen and oxygen atoms in total. The van der Waals surface area contributed by atoms with Crippen LogP contribution >= 0.6 is 0 Å². The van der Waals surface area contributed by atoms with Gasteiger partial charge in [-0.25, -0.2) is 8.42 Å². The average molecular weight is 419 g/mol. The van der Waals surface area contributed by atoms with E-state index in [4.69, 9.17) is 9.47 Å². The Kier molecular flexibility index (Phi) is 7.24. The number of carbonyl (C=O) groups excluding carboxylic acids is 1. The minimum atomic E-state index is -3.60. The van der Waals surface area contributed by atoms with Crippen molar-refractivity contribution in [3.05, 3.63) is 54.1 Å². The van der Waals surface area contributed by atoms with Gasteiger partial charge in [-0.15, -0.1) is 0 Å². The van der Waals surface area contributed by atoms with Gasteiger partial charge in [0.15, 0.2) is 0 Å². The fraction of sp³-hybridized carbons (Fsp3) is 0.381. The Morgan fingerprint density at radius 2 is 1.90 bits per heavy atom. The fourth-order valence-electron chi connectivity index (χ4n) is 3.15. The normalized spacial score (nSPS) is 15.1. The molecular formula is C21H26N2O5S. The zero-order valence-corrected chi connectivity index (χ0v) is 17.3. The first-order chi connectivity index (χ1) is 14.0. The molecule has 0 aromatic heterocycles. The van der Waals surface area contributed by atoms with Gasteiger partial charge in [0.25, 0.3) is 0 Å². The van der Waals surface area contributed by atoms with Crippen LogP contribution in [0.15, 0.2) is 53.4 Å². The molecule has 0 bridgehead atoms. The predicted molar refractivity (Wildman–Crippen MR) is 111 cm³/mol. The van der Waals surface area contributed by atoms with Crippen LogP contribution in [0.25, 0.3) is 0 Å². The summed E-state index contributed by atoms with van der Waals surface area (Å²) in [6, 6.07) is 14.0. The molecule has 1 aliphatic heterocycles. The Morgan fingerprint density at radius 3 is 2.66 bits per heavy atom. The standard InChI is InChI=1S/C21H26N2O5S/c1-2-28-20-9-4-3-6-17(20)10-11-21(24)22-18-7-5-8-19(16-18)29(25,26)23-12-14-27-15-13-23/h3-9,16H,2,10-15H2,1H3,(H,22,24). The first kappa shape index (κ1) is 21.3. The first-order valence-corrected chi connectivity index (χ1v) is 11.1. The molecule has 29 heavy (non-hydrogen) atoms. The summed E-state index contributed by atoms with van der Waals surface area (Å²) in [5.74, 6) is 0.596. The van der Waals surface area contributed by atoms with Gasteiger partial charge >= 0.3 is 0 Å². The second-order valence-corrected chi connectivity index (χ2v) is 8.57. The number of para-hydroxylation sites is 1. The summed E-state index contributed by atoms with van der Waals surface area (Å²) >= 11 is 0. The summed E-state index contributed by atoms with van der Waals surface area (Å²) in [4.78, 5) is 12.6. The van der Waals surface area contributed by atoms with Gasteiger partial charge in [-0.1, -0.05) is 24.3 Å². The number of rotatable bonds is 8. The van der Waals surface area contributed by atoms with Crippen LogP contribution in [0.4, 0.5) is 5.69 Å². The molecule has 0 unspecified atom stereocenters. The van der Waals surface area contributed by atoms with Crippen LogP contribution in [-0.4, -0.2) is 51.5 Å². The van der Waals surface area contributed by atoms with Crippen molar-refractivity contribution in [2.45, 2.75) is 24.7 Å². The molecule has 0 aliphatic carbocycles. The number of benzene rings is 2. The van der Waals surface area contributed by atoms with Gasteiger partial charge in [-0.3, -0.25) is 4.79 Å². The Balaban J connectivity index is 1.63. The van der Waals surface area contributed by atoms with Crippen LogP contribution < -0.4 is 10.1 Å². The van der Waals surface area contributed by atoms with Crippen molar-refractivity contribution >= 4 is 21.6 Å². The molecule has 3 rings (SSSR count). The highest BCUT2D eigenvalue weighted by Gasteiger charge is 2.26. The minimum Gasteiger partial charge on any atom is -0.494 e. The Hall–Kier alpha value is -2.42. The number of amides is 1. The topological polar surface area (TPSA) is 84.9 Å². The predicted octanol–water partition coefficient (Wildman–Crippen LogP) is 2.68. The highest BCUT2D eigenvalue weighted by molar-refractivity contribution is 7.89. The highest BCUT2D eigenvalue weighted by atomic mass is 32.2. The largest absolute Gasteiger partial charge is 0.494 e. The molecule has 1 heterocycles. The van der Waals surface area contributed by atoms with Crippen molar-refractivity contribution in [2.24, 2.45) is 0 Å². The summed E-state index contributed by atoms with van der Waals surface area (Å²) in [6.07, 6.45) is 0.804. The van der Waals surface area contributed by atoms with Gasteiger partial charge in [0.05, 0.1) is 24.7 Å². The maximum atomic E-state index is 12.8. The number of aryl methyl sites for hydroxylation is 1. The van der Waals surface area contributed by atoms with Crippen molar-refractivity contribution in [1.82, 2.24) is 4.31 Å². The van der Waals surface area contributed by atoms with Crippen LogP contribution in [-0.2, 0) is 26.0 Å². The lowest BCUT2D eigenvalue weighted by molar-refractivity contribution is -0.116. The number of nitrogens with one attached hydrogen (secondary N) is 1. The van der Waals surface area contributed by atoms with E-state index in [2.05, 4.69) is 5.32 Å². The molecule has 0 atom stereocenters. The molecule has 1 aliphatic rings. The number of carbonyl (C=O) groups is 1. The van der Waals surface area contributed by atoms with Gasteiger partial charge in [-0.2, -0.15) is 4.31 Å². The maximum absolute atomic E-state index is 12.8. The molecule has 8 heteroatoms. The fourth-order valence-corrected chi connectivity index (χ4v) is 4.60. The molecule has 0 radical (unpaired) electrons. The van der Waals surface area contributed by atoms with Crippen molar-refractivity contribution in [3.8, 4) is 5.75 Å². The molecular weight excluding hydrogens is 392 g/mol. The molecule has 1 fully saturated rings. The third-order valence-electron chi connectivity index (χ3n) is 4.62. The third kappa shape index (κ3) is 5.56. The number of anilines is 1. The van der Waals surface area contributed by atoms with Crippen LogP contribution in [0, 0.1) is 0 Å². The summed E-state index contributed by atoms with van der Waals surface area (Å²) < 4.78 is 37.8. The Bertz CT molecular complexity index is 940. The molecule has 2 aromatic carbocycles. The van der Waals surface area contributed by atoms with Crippen molar-refractivity contribution in [2.75, 3.05) is 38.2 Å². The van der Waals surface area contributed by atoms with Crippen molar-refractivity contribution < 1.29 is 22.7 Å². The number of ether oxygens (including phenoxy) is 2. The molecule has 0 spiro atoms. The lowest BCUT2D eigenvalue weighted by Gasteiger charge is -2.26. The number of morpholine rings is 1. The number of sulfonamides is 1. The number of hydrogen-bond donors (Lipinski definition) is 1. The van der Waals surface area contributed by atoms with Gasteiger partial charge in [-0.05, 0) is 43.2 Å². The molecule has 0 saturated carbocycles. The van der Waals surface area contributed by atoms with E-state index in [1.807, 2.05) is 31.2 Å². The smallest absolute Gasteiger partial charge is 0.243 e. The zero-order chi connectivity index (χ0) is 20.7. The van der Waals surface area contributed by atoms with Gasteiger partial charge < -0.3 is 14.8 Å². The summed E-state index contributed by atoms with van der Waals surface area (Å²) in [5.41, 5.74) is 1.43. The van der Waals surface area contributed by atoms with Crippen molar-refractivity contribution in [1.29, 1.82) is 0 Å². The highest BCUT2D eigenvalue weighted by Crippen LogP contribution is 2.22. The number of hydrogen-bond acceptors (Lipinski definition) is 5. The van der Waals surface area contributed by atoms with Gasteiger partial charge in [0.2, 0.25) is 15.9 Å². The zero-order valence-electron chi connectivity index (χ0n) is 16.5. The lowest BCUT2D eigenvalue weighted by Crippen LogP contribution is -2.40. The SMILES string of the molecule is CCOc1ccccc1CCC(=O)Nc1cccc(S(=O)(=O)N2CCOCC2)c1. The lowest BCUT2D eigenvalue weighted by atomic mass is 10.1. The van der Waals surface area contributed by atoms with E-state index in [0.717, 1.165) is 11.3 Å². The molecule has 2 aromatic rings. The molecule has 1 saturated heterocycles. The third-order valence-corrected chi connectivity index (χ3v) is 6.51. The minimum absolute atomic E-state index is 0.166. The average Bonchev–Trinajstić information content (AvgIpc) is 2.74. The van der Waals surface area contributed by atoms with Crippen LogP contribution in [0.2, 0.25) is 0 Å². The monoisotopic (exact) mass is 418 g/mol. The van der Waals surface area contributed by atoms with Crippen LogP contribution in [0.1, 0.15) is 18.9 Å². The summed E-state index contributed by atoms with van der Waals surface area (Å²) in [5, 5.41) is 2.79. The second kappa shape index (κ2) is 9.87. The van der Waals surface area contributed by atoms with E-state index in [1.165, 1.54) is 10.4 Å². The van der Waals surface area contributed by atoms with E-state index in [9.17, 15) is 13.2 Å². The van der Waals surface area contributed by atoms with Crippen LogP contribution in [0.5, 0.6) is 5.75 Å². The van der Waals surface area contributed by atoms with E-state index in [-0.39, 0.29) is 17.2 Å². The van der Waals surface area contributed by atoms with E-state index >= 15 is 0 Å². The Labute approximate surface area is 171 Å². The molecule has 1 N–H and O–H groups in total. The van der Waals surface area contributed by atoms with E-state index in [1.54, 1.807) is 18.2 Å². The van der Waals surface area contributed by atoms with Crippen molar-refractivity contribution in [3.63, 3.8) is 0 Å². The van der Waals surface area contributed by atoms with E-state index < -0.39 is 10.0 Å². The van der Waals surface area contributed by atoms with Gasteiger partial charge in [0, 0.05) is 25.2 Å². The van der Waals surface area contributed by atoms with Crippen LogP contribution in [0.3, 0.4) is 0 Å². The number of nitrogens with zero attached hydrogens (tertiary/aromatic N) is 1. The Morgan fingerprint density at radius 1 is 1.14 bits per heavy atom. The van der Waals surface area contributed by atoms with E-state index in [0.29, 0.717) is 45.0 Å². The second-order valence-electron chi connectivity index (χ2n) is 6.63.